The predicted molar refractivity (Wildman–Crippen MR) is 39.7 cm³/mol. The van der Waals surface area contributed by atoms with Crippen molar-refractivity contribution in [1.29, 1.82) is 0 Å². The van der Waals surface area contributed by atoms with Crippen LogP contribution in [0.4, 0.5) is 0 Å². The Labute approximate surface area is 60.4 Å². The van der Waals surface area contributed by atoms with Crippen molar-refractivity contribution < 1.29 is 0 Å². The summed E-state index contributed by atoms with van der Waals surface area (Å²) >= 11 is 0. The van der Waals surface area contributed by atoms with Crippen LogP contribution < -0.4 is 10.7 Å². The second-order valence-corrected chi connectivity index (χ2v) is 2.69. The standard InChI is InChI=1S/C7H11N3/c1-5-3-4-8-7-6(5)10(2)9-7/h3-4,7-9H,1-2H3. The Balaban J connectivity index is 2.32. The molecule has 0 spiro atoms. The van der Waals surface area contributed by atoms with E-state index in [0.717, 1.165) is 0 Å². The highest BCUT2D eigenvalue weighted by Crippen LogP contribution is 2.21. The molecule has 0 radical (unpaired) electrons. The molecule has 0 aromatic carbocycles. The predicted octanol–water partition coefficient (Wildman–Crippen LogP) is 0.153. The molecule has 3 heteroatoms. The number of dihydropyridines is 1. The fourth-order valence-electron chi connectivity index (χ4n) is 1.41. The summed E-state index contributed by atoms with van der Waals surface area (Å²) in [4.78, 5) is 0. The molecule has 1 atom stereocenters. The van der Waals surface area contributed by atoms with Gasteiger partial charge in [0, 0.05) is 7.05 Å². The third-order valence-electron chi connectivity index (χ3n) is 1.96. The maximum absolute atomic E-state index is 3.19. The number of rotatable bonds is 0. The molecule has 0 aromatic rings. The summed E-state index contributed by atoms with van der Waals surface area (Å²) in [5.74, 6) is 0. The number of likely N-dealkylation sites (N-methyl/N-ethyl adjacent to an activating group) is 1. The van der Waals surface area contributed by atoms with Crippen LogP contribution in [0, 0.1) is 0 Å². The first-order chi connectivity index (χ1) is 4.79. The molecule has 1 unspecified atom stereocenters. The molecule has 0 aromatic heterocycles. The quantitative estimate of drug-likeness (QED) is 0.498. The van der Waals surface area contributed by atoms with Gasteiger partial charge in [0.05, 0.1) is 5.70 Å². The van der Waals surface area contributed by atoms with Crippen LogP contribution >= 0.6 is 0 Å². The topological polar surface area (TPSA) is 27.3 Å². The van der Waals surface area contributed by atoms with E-state index in [0.29, 0.717) is 6.17 Å². The van der Waals surface area contributed by atoms with Crippen LogP contribution in [0.3, 0.4) is 0 Å². The lowest BCUT2D eigenvalue weighted by molar-refractivity contribution is 0.128. The maximum atomic E-state index is 3.19. The van der Waals surface area contributed by atoms with Crippen molar-refractivity contribution in [3.05, 3.63) is 23.5 Å². The van der Waals surface area contributed by atoms with Gasteiger partial charge < -0.3 is 10.3 Å². The molecule has 0 bridgehead atoms. The molecule has 2 aliphatic rings. The fraction of sp³-hybridized carbons (Fsp3) is 0.429. The molecule has 1 fully saturated rings. The number of hydrazine groups is 1. The molecule has 0 aliphatic carbocycles. The fourth-order valence-corrected chi connectivity index (χ4v) is 1.41. The molecule has 54 valence electrons. The average Bonchev–Trinajstić information content (AvgIpc) is 1.85. The molecule has 1 saturated heterocycles. The largest absolute Gasteiger partial charge is 0.370 e. The van der Waals surface area contributed by atoms with Crippen LogP contribution in [-0.2, 0) is 0 Å². The van der Waals surface area contributed by atoms with Crippen LogP contribution in [0.5, 0.6) is 0 Å². The molecule has 2 N–H and O–H groups in total. The van der Waals surface area contributed by atoms with Gasteiger partial charge in [0.25, 0.3) is 0 Å². The summed E-state index contributed by atoms with van der Waals surface area (Å²) in [5.41, 5.74) is 5.88. The van der Waals surface area contributed by atoms with Crippen molar-refractivity contribution >= 4 is 0 Å². The smallest absolute Gasteiger partial charge is 0.136 e. The van der Waals surface area contributed by atoms with Crippen LogP contribution in [0.1, 0.15) is 6.92 Å². The van der Waals surface area contributed by atoms with E-state index in [2.05, 4.69) is 23.7 Å². The molecule has 2 heterocycles. The van der Waals surface area contributed by atoms with Crippen LogP contribution in [0.25, 0.3) is 0 Å². The highest BCUT2D eigenvalue weighted by Gasteiger charge is 2.30. The Morgan fingerprint density at radius 1 is 1.60 bits per heavy atom. The molecule has 0 saturated carbocycles. The minimum atomic E-state index is 0.356. The van der Waals surface area contributed by atoms with Crippen molar-refractivity contribution in [2.24, 2.45) is 0 Å². The summed E-state index contributed by atoms with van der Waals surface area (Å²) in [6.07, 6.45) is 4.42. The molecule has 2 aliphatic heterocycles. The van der Waals surface area contributed by atoms with Gasteiger partial charge in [-0.2, -0.15) is 0 Å². The van der Waals surface area contributed by atoms with Gasteiger partial charge in [-0.15, -0.1) is 0 Å². The Bertz CT molecular complexity index is 217. The van der Waals surface area contributed by atoms with Gasteiger partial charge in [0.15, 0.2) is 0 Å². The molecular weight excluding hydrogens is 126 g/mol. The maximum Gasteiger partial charge on any atom is 0.136 e. The van der Waals surface area contributed by atoms with E-state index in [1.165, 1.54) is 11.3 Å². The summed E-state index contributed by atoms with van der Waals surface area (Å²) in [6.45, 7) is 2.12. The first-order valence-electron chi connectivity index (χ1n) is 3.42. The lowest BCUT2D eigenvalue weighted by Gasteiger charge is -2.44. The summed E-state index contributed by atoms with van der Waals surface area (Å²) in [5, 5.41) is 5.23. The number of fused-ring (bicyclic) bond motifs is 1. The normalized spacial score (nSPS) is 29.4. The second kappa shape index (κ2) is 1.76. The molecule has 2 rings (SSSR count). The Kier molecular flexibility index (Phi) is 1.02. The van der Waals surface area contributed by atoms with Gasteiger partial charge in [-0.05, 0) is 24.8 Å². The van der Waals surface area contributed by atoms with Crippen molar-refractivity contribution in [3.8, 4) is 0 Å². The number of hydrogen-bond donors (Lipinski definition) is 2. The van der Waals surface area contributed by atoms with E-state index >= 15 is 0 Å². The van der Waals surface area contributed by atoms with E-state index in [9.17, 15) is 0 Å². The minimum absolute atomic E-state index is 0.356. The lowest BCUT2D eigenvalue weighted by Crippen LogP contribution is -2.63. The van der Waals surface area contributed by atoms with E-state index in [-0.39, 0.29) is 0 Å². The highest BCUT2D eigenvalue weighted by molar-refractivity contribution is 5.33. The first kappa shape index (κ1) is 5.80. The van der Waals surface area contributed by atoms with Crippen molar-refractivity contribution in [2.45, 2.75) is 13.1 Å². The van der Waals surface area contributed by atoms with Crippen LogP contribution in [0.2, 0.25) is 0 Å². The third-order valence-corrected chi connectivity index (χ3v) is 1.96. The summed E-state index contributed by atoms with van der Waals surface area (Å²) in [6, 6.07) is 0. The zero-order valence-corrected chi connectivity index (χ0v) is 6.18. The molecule has 3 nitrogen and oxygen atoms in total. The van der Waals surface area contributed by atoms with Gasteiger partial charge in [-0.1, -0.05) is 0 Å². The van der Waals surface area contributed by atoms with E-state index in [1.54, 1.807) is 0 Å². The Hall–Kier alpha value is -0.960. The lowest BCUT2D eigenvalue weighted by atomic mass is 10.1. The average molecular weight is 137 g/mol. The second-order valence-electron chi connectivity index (χ2n) is 2.69. The molecular formula is C7H11N3. The summed E-state index contributed by atoms with van der Waals surface area (Å²) < 4.78 is 0. The van der Waals surface area contributed by atoms with Gasteiger partial charge in [-0.25, -0.2) is 5.43 Å². The first-order valence-corrected chi connectivity index (χ1v) is 3.42. The molecule has 10 heavy (non-hydrogen) atoms. The number of hydrogen-bond acceptors (Lipinski definition) is 3. The van der Waals surface area contributed by atoms with E-state index < -0.39 is 0 Å². The number of nitrogens with zero attached hydrogens (tertiary/aromatic N) is 1. The van der Waals surface area contributed by atoms with E-state index in [4.69, 9.17) is 0 Å². The van der Waals surface area contributed by atoms with Crippen molar-refractivity contribution in [2.75, 3.05) is 7.05 Å². The van der Waals surface area contributed by atoms with E-state index in [1.807, 2.05) is 18.3 Å². The van der Waals surface area contributed by atoms with Crippen molar-refractivity contribution in [3.63, 3.8) is 0 Å². The van der Waals surface area contributed by atoms with Crippen LogP contribution in [-0.4, -0.2) is 18.2 Å². The Morgan fingerprint density at radius 3 is 2.90 bits per heavy atom. The third kappa shape index (κ3) is 0.580. The Morgan fingerprint density at radius 2 is 2.40 bits per heavy atom. The zero-order chi connectivity index (χ0) is 7.14. The van der Waals surface area contributed by atoms with Crippen molar-refractivity contribution in [1.82, 2.24) is 15.8 Å². The monoisotopic (exact) mass is 137 g/mol. The highest BCUT2D eigenvalue weighted by atomic mass is 15.6. The summed E-state index contributed by atoms with van der Waals surface area (Å²) in [7, 11) is 2.02. The number of nitrogens with one attached hydrogen (secondary N) is 2. The van der Waals surface area contributed by atoms with Crippen LogP contribution in [0.15, 0.2) is 23.5 Å². The molecule has 0 amide bonds. The van der Waals surface area contributed by atoms with Gasteiger partial charge in [-0.3, -0.25) is 0 Å². The zero-order valence-electron chi connectivity index (χ0n) is 6.18. The SMILES string of the molecule is CC1=C2C(NC=C1)NN2C. The van der Waals surface area contributed by atoms with Gasteiger partial charge in [0.2, 0.25) is 0 Å². The van der Waals surface area contributed by atoms with Gasteiger partial charge >= 0.3 is 0 Å². The number of allylic oxidation sites excluding steroid dienone is 2. The minimum Gasteiger partial charge on any atom is -0.370 e. The van der Waals surface area contributed by atoms with Gasteiger partial charge in [0.1, 0.15) is 6.17 Å².